The summed E-state index contributed by atoms with van der Waals surface area (Å²) in [6.45, 7) is 0.475. The van der Waals surface area contributed by atoms with Crippen LogP contribution >= 0.6 is 0 Å². The Bertz CT molecular complexity index is 656. The van der Waals surface area contributed by atoms with Crippen LogP contribution in [0.4, 0.5) is 0 Å². The molecule has 0 atom stereocenters. The van der Waals surface area contributed by atoms with E-state index in [0.717, 1.165) is 24.8 Å². The summed E-state index contributed by atoms with van der Waals surface area (Å²) in [6, 6.07) is 8.08. The molecule has 0 bridgehead atoms. The number of hydrogen-bond donors (Lipinski definition) is 2. The van der Waals surface area contributed by atoms with E-state index >= 15 is 0 Å². The zero-order valence-corrected chi connectivity index (χ0v) is 10.8. The molecule has 0 amide bonds. The normalized spacial score (nSPS) is 16.2. The number of sulfonamides is 1. The van der Waals surface area contributed by atoms with Crippen molar-refractivity contribution in [3.8, 4) is 0 Å². The second-order valence-electron chi connectivity index (χ2n) is 4.74. The molecule has 0 spiro atoms. The molecule has 1 aliphatic carbocycles. The molecule has 96 valence electrons. The largest absolute Gasteiger partial charge is 0.361 e. The van der Waals surface area contributed by atoms with Crippen LogP contribution in [-0.4, -0.2) is 25.2 Å². The van der Waals surface area contributed by atoms with Gasteiger partial charge in [0.15, 0.2) is 0 Å². The number of aromatic nitrogens is 1. The Hall–Kier alpha value is -1.33. The number of H-pyrrole nitrogens is 1. The van der Waals surface area contributed by atoms with Crippen molar-refractivity contribution in [2.75, 3.05) is 6.54 Å². The summed E-state index contributed by atoms with van der Waals surface area (Å²) in [5.74, 6) is 0. The van der Waals surface area contributed by atoms with E-state index in [0.29, 0.717) is 6.54 Å². The maximum atomic E-state index is 11.7. The molecule has 1 saturated carbocycles. The van der Waals surface area contributed by atoms with Crippen molar-refractivity contribution in [2.45, 2.75) is 24.5 Å². The number of benzene rings is 1. The fraction of sp³-hybridized carbons (Fsp3) is 0.385. The fourth-order valence-electron chi connectivity index (χ4n) is 2.19. The molecule has 4 nitrogen and oxygen atoms in total. The van der Waals surface area contributed by atoms with E-state index < -0.39 is 10.0 Å². The third kappa shape index (κ3) is 2.28. The lowest BCUT2D eigenvalue weighted by Gasteiger charge is -2.06. The van der Waals surface area contributed by atoms with E-state index in [1.54, 1.807) is 0 Å². The molecule has 0 saturated heterocycles. The van der Waals surface area contributed by atoms with Gasteiger partial charge in [-0.2, -0.15) is 0 Å². The second-order valence-corrected chi connectivity index (χ2v) is 6.79. The van der Waals surface area contributed by atoms with Crippen LogP contribution in [0.1, 0.15) is 18.4 Å². The molecular formula is C13H16N2O2S. The van der Waals surface area contributed by atoms with Gasteiger partial charge < -0.3 is 4.98 Å². The van der Waals surface area contributed by atoms with Crippen LogP contribution in [0, 0.1) is 0 Å². The lowest BCUT2D eigenvalue weighted by Crippen LogP contribution is -2.29. The Morgan fingerprint density at radius 1 is 1.28 bits per heavy atom. The second kappa shape index (κ2) is 4.40. The summed E-state index contributed by atoms with van der Waals surface area (Å²) in [7, 11) is -3.05. The van der Waals surface area contributed by atoms with Crippen molar-refractivity contribution in [3.63, 3.8) is 0 Å². The predicted molar refractivity (Wildman–Crippen MR) is 71.9 cm³/mol. The summed E-state index contributed by atoms with van der Waals surface area (Å²) in [4.78, 5) is 3.16. The molecule has 0 aliphatic heterocycles. The average Bonchev–Trinajstić information content (AvgIpc) is 3.09. The van der Waals surface area contributed by atoms with Crippen molar-refractivity contribution in [1.82, 2.24) is 9.71 Å². The summed E-state index contributed by atoms with van der Waals surface area (Å²) in [5, 5.41) is 1.03. The number of hydrogen-bond acceptors (Lipinski definition) is 2. The minimum Gasteiger partial charge on any atom is -0.361 e. The number of aromatic amines is 1. The molecule has 3 rings (SSSR count). The molecule has 1 aromatic carbocycles. The number of nitrogens with one attached hydrogen (secondary N) is 2. The first kappa shape index (κ1) is 11.7. The van der Waals surface area contributed by atoms with E-state index in [1.165, 1.54) is 10.9 Å². The molecule has 2 N–H and O–H groups in total. The minimum absolute atomic E-state index is 0.138. The standard InChI is InChI=1S/C13H16N2O2S/c16-18(17,11-4-5-11)15-9-6-10-2-1-3-13-12(10)7-8-14-13/h1-3,7-8,11,14-15H,4-6,9H2. The first-order valence-electron chi connectivity index (χ1n) is 6.20. The SMILES string of the molecule is O=S(=O)(NCCc1cccc2[nH]ccc12)C1CC1. The molecule has 1 heterocycles. The zero-order valence-electron chi connectivity index (χ0n) is 10.0. The highest BCUT2D eigenvalue weighted by Gasteiger charge is 2.35. The van der Waals surface area contributed by atoms with Crippen LogP contribution in [0.25, 0.3) is 10.9 Å². The molecular weight excluding hydrogens is 248 g/mol. The maximum Gasteiger partial charge on any atom is 0.214 e. The van der Waals surface area contributed by atoms with Crippen molar-refractivity contribution in [1.29, 1.82) is 0 Å². The summed E-state index contributed by atoms with van der Waals surface area (Å²) < 4.78 is 26.0. The summed E-state index contributed by atoms with van der Waals surface area (Å²) in [6.07, 6.45) is 4.25. The third-order valence-corrected chi connectivity index (χ3v) is 5.30. The summed E-state index contributed by atoms with van der Waals surface area (Å²) in [5.41, 5.74) is 2.27. The molecule has 5 heteroatoms. The first-order valence-corrected chi connectivity index (χ1v) is 7.75. The Kier molecular flexibility index (Phi) is 2.87. The maximum absolute atomic E-state index is 11.7. The number of fused-ring (bicyclic) bond motifs is 1. The van der Waals surface area contributed by atoms with Gasteiger partial charge in [-0.25, -0.2) is 13.1 Å². The van der Waals surface area contributed by atoms with Gasteiger partial charge >= 0.3 is 0 Å². The Labute approximate surface area is 106 Å². The van der Waals surface area contributed by atoms with E-state index in [9.17, 15) is 8.42 Å². The van der Waals surface area contributed by atoms with Gasteiger partial charge in [-0.1, -0.05) is 12.1 Å². The Balaban J connectivity index is 1.68. The van der Waals surface area contributed by atoms with Crippen LogP contribution in [0.2, 0.25) is 0 Å². The van der Waals surface area contributed by atoms with Gasteiger partial charge in [0.1, 0.15) is 0 Å². The smallest absolute Gasteiger partial charge is 0.214 e. The third-order valence-electron chi connectivity index (χ3n) is 3.35. The molecule has 2 aromatic rings. The summed E-state index contributed by atoms with van der Waals surface area (Å²) >= 11 is 0. The minimum atomic E-state index is -3.05. The van der Waals surface area contributed by atoms with Crippen LogP contribution in [0.3, 0.4) is 0 Å². The molecule has 1 fully saturated rings. The predicted octanol–water partition coefficient (Wildman–Crippen LogP) is 1.79. The van der Waals surface area contributed by atoms with Gasteiger partial charge in [0.25, 0.3) is 0 Å². The van der Waals surface area contributed by atoms with E-state index in [4.69, 9.17) is 0 Å². The van der Waals surface area contributed by atoms with Crippen LogP contribution in [0.5, 0.6) is 0 Å². The van der Waals surface area contributed by atoms with Crippen LogP contribution in [0.15, 0.2) is 30.5 Å². The Morgan fingerprint density at radius 3 is 2.89 bits per heavy atom. The zero-order chi connectivity index (χ0) is 12.6. The van der Waals surface area contributed by atoms with Crippen LogP contribution < -0.4 is 4.72 Å². The lowest BCUT2D eigenvalue weighted by atomic mass is 10.1. The van der Waals surface area contributed by atoms with Crippen molar-refractivity contribution in [2.24, 2.45) is 0 Å². The van der Waals surface area contributed by atoms with Gasteiger partial charge in [-0.3, -0.25) is 0 Å². The van der Waals surface area contributed by atoms with E-state index in [1.807, 2.05) is 30.5 Å². The topological polar surface area (TPSA) is 62.0 Å². The van der Waals surface area contributed by atoms with Crippen molar-refractivity contribution < 1.29 is 8.42 Å². The molecule has 0 unspecified atom stereocenters. The van der Waals surface area contributed by atoms with Crippen molar-refractivity contribution >= 4 is 20.9 Å². The highest BCUT2D eigenvalue weighted by molar-refractivity contribution is 7.90. The molecule has 1 aromatic heterocycles. The fourth-order valence-corrected chi connectivity index (χ4v) is 3.57. The first-order chi connectivity index (χ1) is 8.67. The quantitative estimate of drug-likeness (QED) is 0.865. The molecule has 1 aliphatic rings. The van der Waals surface area contributed by atoms with Crippen LogP contribution in [-0.2, 0) is 16.4 Å². The van der Waals surface area contributed by atoms with E-state index in [-0.39, 0.29) is 5.25 Å². The number of rotatable bonds is 5. The van der Waals surface area contributed by atoms with Gasteiger partial charge in [-0.15, -0.1) is 0 Å². The highest BCUT2D eigenvalue weighted by atomic mass is 32.2. The van der Waals surface area contributed by atoms with Gasteiger partial charge in [0.2, 0.25) is 10.0 Å². The average molecular weight is 264 g/mol. The lowest BCUT2D eigenvalue weighted by molar-refractivity contribution is 0.580. The van der Waals surface area contributed by atoms with Gasteiger partial charge in [0.05, 0.1) is 5.25 Å². The van der Waals surface area contributed by atoms with E-state index in [2.05, 4.69) is 9.71 Å². The highest BCUT2D eigenvalue weighted by Crippen LogP contribution is 2.27. The van der Waals surface area contributed by atoms with Gasteiger partial charge in [-0.05, 0) is 37.0 Å². The molecule has 0 radical (unpaired) electrons. The molecule has 18 heavy (non-hydrogen) atoms. The Morgan fingerprint density at radius 2 is 2.11 bits per heavy atom. The monoisotopic (exact) mass is 264 g/mol. The van der Waals surface area contributed by atoms with Gasteiger partial charge in [0, 0.05) is 23.6 Å². The van der Waals surface area contributed by atoms with Crippen molar-refractivity contribution in [3.05, 3.63) is 36.0 Å².